The Morgan fingerprint density at radius 1 is 1.55 bits per heavy atom. The van der Waals surface area contributed by atoms with E-state index in [1.54, 1.807) is 42.5 Å². The summed E-state index contributed by atoms with van der Waals surface area (Å²) < 4.78 is 1.04. The van der Waals surface area contributed by atoms with E-state index in [2.05, 4.69) is 26.2 Å². The highest BCUT2D eigenvalue weighted by Gasteiger charge is 2.18. The summed E-state index contributed by atoms with van der Waals surface area (Å²) in [5.74, 6) is 0.416. The lowest BCUT2D eigenvalue weighted by atomic mass is 10.2. The minimum atomic E-state index is -0.200. The molecule has 7 heteroatoms. The fraction of sp³-hybridized carbons (Fsp3) is 0.231. The highest BCUT2D eigenvalue weighted by molar-refractivity contribution is 9.11. The van der Waals surface area contributed by atoms with E-state index < -0.39 is 0 Å². The lowest BCUT2D eigenvalue weighted by Gasteiger charge is -2.17. The average molecular weight is 375 g/mol. The van der Waals surface area contributed by atoms with Crippen LogP contribution in [0.1, 0.15) is 16.1 Å². The molecule has 0 bridgehead atoms. The summed E-state index contributed by atoms with van der Waals surface area (Å²) in [6.07, 6.45) is 0. The van der Waals surface area contributed by atoms with Crippen LogP contribution in [-0.2, 0) is 6.54 Å². The Bertz CT molecular complexity index is 632. The van der Waals surface area contributed by atoms with Crippen molar-refractivity contribution in [3.8, 4) is 0 Å². The maximum Gasteiger partial charge on any atom is 0.274 e. The molecule has 0 saturated heterocycles. The third-order valence-corrected chi connectivity index (χ3v) is 4.55. The summed E-state index contributed by atoms with van der Waals surface area (Å²) >= 11 is 11.1. The standard InChI is InChI=1S/C13H13BrClN3OS/c1-16-11-4-3-9(15)12(17-11)13(19)18(2)6-8-5-10(14)20-7-8/h3-5,7H,6H2,1-2H3,(H,16,17). The first kappa shape index (κ1) is 15.3. The van der Waals surface area contributed by atoms with Crippen molar-refractivity contribution in [3.05, 3.63) is 43.6 Å². The Morgan fingerprint density at radius 2 is 2.30 bits per heavy atom. The van der Waals surface area contributed by atoms with Gasteiger partial charge in [0.1, 0.15) is 11.5 Å². The van der Waals surface area contributed by atoms with E-state index in [0.717, 1.165) is 9.35 Å². The number of anilines is 1. The van der Waals surface area contributed by atoms with Crippen LogP contribution in [0.2, 0.25) is 5.02 Å². The van der Waals surface area contributed by atoms with Crippen molar-refractivity contribution in [3.63, 3.8) is 0 Å². The number of rotatable bonds is 4. The van der Waals surface area contributed by atoms with Crippen LogP contribution in [0.15, 0.2) is 27.4 Å². The number of aromatic nitrogens is 1. The summed E-state index contributed by atoms with van der Waals surface area (Å²) in [5, 5.41) is 5.26. The number of hydrogen-bond donors (Lipinski definition) is 1. The summed E-state index contributed by atoms with van der Waals surface area (Å²) in [6.45, 7) is 0.517. The van der Waals surface area contributed by atoms with Gasteiger partial charge < -0.3 is 10.2 Å². The molecule has 0 aliphatic heterocycles. The molecule has 2 aromatic heterocycles. The zero-order chi connectivity index (χ0) is 14.7. The van der Waals surface area contributed by atoms with Gasteiger partial charge in [-0.1, -0.05) is 11.6 Å². The van der Waals surface area contributed by atoms with Gasteiger partial charge in [0.15, 0.2) is 0 Å². The summed E-state index contributed by atoms with van der Waals surface area (Å²) in [4.78, 5) is 18.2. The van der Waals surface area contributed by atoms with Crippen LogP contribution in [0.25, 0.3) is 0 Å². The van der Waals surface area contributed by atoms with Gasteiger partial charge in [-0.2, -0.15) is 0 Å². The van der Waals surface area contributed by atoms with E-state index in [4.69, 9.17) is 11.6 Å². The SMILES string of the molecule is CNc1ccc(Cl)c(C(=O)N(C)Cc2csc(Br)c2)n1. The monoisotopic (exact) mass is 373 g/mol. The van der Waals surface area contributed by atoms with Crippen LogP contribution in [0.3, 0.4) is 0 Å². The van der Waals surface area contributed by atoms with Gasteiger partial charge in [-0.05, 0) is 45.1 Å². The first-order valence-electron chi connectivity index (χ1n) is 5.84. The van der Waals surface area contributed by atoms with E-state index in [-0.39, 0.29) is 11.6 Å². The van der Waals surface area contributed by atoms with E-state index in [1.165, 1.54) is 0 Å². The van der Waals surface area contributed by atoms with Crippen LogP contribution in [0.4, 0.5) is 5.82 Å². The molecule has 4 nitrogen and oxygen atoms in total. The van der Waals surface area contributed by atoms with Crippen molar-refractivity contribution in [2.75, 3.05) is 19.4 Å². The predicted molar refractivity (Wildman–Crippen MR) is 86.6 cm³/mol. The second-order valence-electron chi connectivity index (χ2n) is 4.20. The molecule has 0 unspecified atom stereocenters. The predicted octanol–water partition coefficient (Wildman–Crippen LogP) is 3.87. The highest BCUT2D eigenvalue weighted by Crippen LogP contribution is 2.23. The van der Waals surface area contributed by atoms with Crippen molar-refractivity contribution in [2.45, 2.75) is 6.54 Å². The van der Waals surface area contributed by atoms with Gasteiger partial charge in [0, 0.05) is 20.6 Å². The third kappa shape index (κ3) is 3.50. The van der Waals surface area contributed by atoms with Gasteiger partial charge in [0.25, 0.3) is 5.91 Å². The molecule has 2 aromatic rings. The van der Waals surface area contributed by atoms with Crippen molar-refractivity contribution < 1.29 is 4.79 Å². The molecule has 0 fully saturated rings. The molecule has 0 radical (unpaired) electrons. The molecule has 106 valence electrons. The molecule has 0 atom stereocenters. The second-order valence-corrected chi connectivity index (χ2v) is 6.89. The number of carbonyl (C=O) groups excluding carboxylic acids is 1. The zero-order valence-corrected chi connectivity index (χ0v) is 14.1. The van der Waals surface area contributed by atoms with E-state index in [0.29, 0.717) is 17.4 Å². The van der Waals surface area contributed by atoms with Gasteiger partial charge in [0.05, 0.1) is 8.81 Å². The average Bonchev–Trinajstić information content (AvgIpc) is 2.84. The molecule has 1 amide bonds. The molecular formula is C13H13BrClN3OS. The normalized spacial score (nSPS) is 10.4. The molecular weight excluding hydrogens is 362 g/mol. The maximum absolute atomic E-state index is 12.4. The van der Waals surface area contributed by atoms with Crippen molar-refractivity contribution >= 4 is 50.6 Å². The number of thiophene rings is 1. The largest absolute Gasteiger partial charge is 0.373 e. The number of halogens is 2. The fourth-order valence-corrected chi connectivity index (χ4v) is 3.07. The Morgan fingerprint density at radius 3 is 2.90 bits per heavy atom. The van der Waals surface area contributed by atoms with Gasteiger partial charge in [-0.25, -0.2) is 4.98 Å². The lowest BCUT2D eigenvalue weighted by molar-refractivity contribution is 0.0780. The summed E-state index contributed by atoms with van der Waals surface area (Å²) in [7, 11) is 3.48. The van der Waals surface area contributed by atoms with Crippen LogP contribution in [-0.4, -0.2) is 29.9 Å². The Kier molecular flexibility index (Phi) is 5.01. The molecule has 20 heavy (non-hydrogen) atoms. The van der Waals surface area contributed by atoms with Gasteiger partial charge in [-0.3, -0.25) is 4.79 Å². The summed E-state index contributed by atoms with van der Waals surface area (Å²) in [6, 6.07) is 5.39. The second kappa shape index (κ2) is 6.56. The number of amides is 1. The topological polar surface area (TPSA) is 45.2 Å². The molecule has 2 heterocycles. The Labute approximate surface area is 134 Å². The van der Waals surface area contributed by atoms with Crippen LogP contribution < -0.4 is 5.32 Å². The Balaban J connectivity index is 2.17. The van der Waals surface area contributed by atoms with Gasteiger partial charge >= 0.3 is 0 Å². The van der Waals surface area contributed by atoms with Crippen LogP contribution in [0, 0.1) is 0 Å². The molecule has 2 rings (SSSR count). The van der Waals surface area contributed by atoms with Crippen LogP contribution >= 0.6 is 38.9 Å². The van der Waals surface area contributed by atoms with Crippen LogP contribution in [0.5, 0.6) is 0 Å². The molecule has 0 aliphatic carbocycles. The van der Waals surface area contributed by atoms with E-state index in [1.807, 2.05) is 11.4 Å². The third-order valence-electron chi connectivity index (χ3n) is 2.69. The quantitative estimate of drug-likeness (QED) is 0.883. The minimum Gasteiger partial charge on any atom is -0.373 e. The highest BCUT2D eigenvalue weighted by atomic mass is 79.9. The number of pyridine rings is 1. The zero-order valence-electron chi connectivity index (χ0n) is 11.0. The van der Waals surface area contributed by atoms with Crippen molar-refractivity contribution in [1.82, 2.24) is 9.88 Å². The van der Waals surface area contributed by atoms with Gasteiger partial charge in [0.2, 0.25) is 0 Å². The smallest absolute Gasteiger partial charge is 0.274 e. The molecule has 0 aromatic carbocycles. The fourth-order valence-electron chi connectivity index (χ4n) is 1.69. The number of nitrogens with one attached hydrogen (secondary N) is 1. The van der Waals surface area contributed by atoms with Crippen molar-refractivity contribution in [1.29, 1.82) is 0 Å². The van der Waals surface area contributed by atoms with Gasteiger partial charge in [-0.15, -0.1) is 11.3 Å². The molecule has 0 spiro atoms. The molecule has 1 N–H and O–H groups in total. The molecule has 0 saturated carbocycles. The van der Waals surface area contributed by atoms with E-state index in [9.17, 15) is 4.79 Å². The van der Waals surface area contributed by atoms with Crippen molar-refractivity contribution in [2.24, 2.45) is 0 Å². The Hall–Kier alpha value is -1.11. The number of nitrogens with zero attached hydrogens (tertiary/aromatic N) is 2. The lowest BCUT2D eigenvalue weighted by Crippen LogP contribution is -2.27. The first-order chi connectivity index (χ1) is 9.51. The number of hydrogen-bond acceptors (Lipinski definition) is 4. The van der Waals surface area contributed by atoms with E-state index >= 15 is 0 Å². The first-order valence-corrected chi connectivity index (χ1v) is 7.89. The number of carbonyl (C=O) groups is 1. The molecule has 0 aliphatic rings. The summed E-state index contributed by atoms with van der Waals surface area (Å²) in [5.41, 5.74) is 1.33. The maximum atomic E-state index is 12.4. The minimum absolute atomic E-state index is 0.200.